The van der Waals surface area contributed by atoms with Crippen LogP contribution in [0.25, 0.3) is 0 Å². The summed E-state index contributed by atoms with van der Waals surface area (Å²) in [5.74, 6) is 1.36. The van der Waals surface area contributed by atoms with Gasteiger partial charge >= 0.3 is 7.12 Å². The van der Waals surface area contributed by atoms with Crippen molar-refractivity contribution in [3.05, 3.63) is 60.7 Å². The Hall–Kier alpha value is -1.40. The lowest BCUT2D eigenvalue weighted by Gasteiger charge is -2.43. The minimum atomic E-state index is -2.51. The summed E-state index contributed by atoms with van der Waals surface area (Å²) < 4.78 is 20.0. The summed E-state index contributed by atoms with van der Waals surface area (Å²) in [5.41, 5.74) is -0.577. The van der Waals surface area contributed by atoms with Crippen LogP contribution in [0.1, 0.15) is 55.4 Å². The van der Waals surface area contributed by atoms with E-state index in [1.54, 1.807) is 0 Å². The van der Waals surface area contributed by atoms with Crippen molar-refractivity contribution < 1.29 is 13.7 Å². The molecule has 1 heterocycles. The topological polar surface area (TPSA) is 27.7 Å². The smallest absolute Gasteiger partial charge is 0.407 e. The van der Waals surface area contributed by atoms with E-state index in [2.05, 4.69) is 116 Å². The summed E-state index contributed by atoms with van der Waals surface area (Å²) in [7, 11) is -2.66. The third-order valence-corrected chi connectivity index (χ3v) is 13.1. The summed E-state index contributed by atoms with van der Waals surface area (Å²) in [6, 6.07) is 21.8. The van der Waals surface area contributed by atoms with Crippen LogP contribution in [0.3, 0.4) is 0 Å². The van der Waals surface area contributed by atoms with Gasteiger partial charge in [0, 0.05) is 12.4 Å². The lowest BCUT2D eigenvalue weighted by molar-refractivity contribution is 0.00578. The predicted octanol–water partition coefficient (Wildman–Crippen LogP) is 5.29. The monoisotopic (exact) mass is 450 g/mol. The van der Waals surface area contributed by atoms with Gasteiger partial charge < -0.3 is 13.7 Å². The molecule has 0 spiro atoms. The first-order chi connectivity index (χ1) is 14.9. The Bertz CT molecular complexity index is 867. The molecule has 4 rings (SSSR count). The van der Waals surface area contributed by atoms with Gasteiger partial charge in [-0.25, -0.2) is 0 Å². The van der Waals surface area contributed by atoms with Crippen molar-refractivity contribution in [2.45, 2.75) is 77.4 Å². The highest BCUT2D eigenvalue weighted by Crippen LogP contribution is 2.58. The van der Waals surface area contributed by atoms with E-state index in [0.717, 1.165) is 6.61 Å². The fourth-order valence-electron chi connectivity index (χ4n) is 5.32. The number of hydrogen-bond donors (Lipinski definition) is 0. The third kappa shape index (κ3) is 3.92. The molecule has 1 saturated heterocycles. The van der Waals surface area contributed by atoms with Crippen LogP contribution < -0.4 is 10.4 Å². The minimum absolute atomic E-state index is 0.00628. The zero-order chi connectivity index (χ0) is 23.4. The van der Waals surface area contributed by atoms with Crippen LogP contribution in [-0.4, -0.2) is 33.2 Å². The summed E-state index contributed by atoms with van der Waals surface area (Å²) in [5, 5.41) is 2.66. The summed E-state index contributed by atoms with van der Waals surface area (Å²) in [4.78, 5) is 0. The standard InChI is InChI=1S/C27H39BO3Si/c1-20-23(24(20)28-30-26(5,6)27(7,8)31-28)19-29-32(25(2,3)4,21-15-11-9-12-16-21)22-17-13-10-14-18-22/h9-18,20,23-24H,19H2,1-8H3. The molecule has 3 unspecified atom stereocenters. The molecule has 2 aromatic rings. The van der Waals surface area contributed by atoms with Crippen LogP contribution in [0.5, 0.6) is 0 Å². The Morgan fingerprint density at radius 2 is 1.28 bits per heavy atom. The van der Waals surface area contributed by atoms with Crippen LogP contribution in [0.15, 0.2) is 60.7 Å². The minimum Gasteiger partial charge on any atom is -0.407 e. The Morgan fingerprint density at radius 1 is 0.844 bits per heavy atom. The summed E-state index contributed by atoms with van der Waals surface area (Å²) in [6.07, 6.45) is 0. The van der Waals surface area contributed by atoms with E-state index in [-0.39, 0.29) is 23.4 Å². The van der Waals surface area contributed by atoms with Gasteiger partial charge in [-0.3, -0.25) is 0 Å². The molecule has 0 amide bonds. The first kappa shape index (κ1) is 23.7. The second-order valence-corrected chi connectivity index (χ2v) is 16.0. The van der Waals surface area contributed by atoms with Crippen LogP contribution in [0, 0.1) is 11.8 Å². The average molecular weight is 451 g/mol. The molecule has 1 saturated carbocycles. The maximum absolute atomic E-state index is 7.18. The highest BCUT2D eigenvalue weighted by molar-refractivity contribution is 6.99. The molecule has 2 aromatic carbocycles. The van der Waals surface area contributed by atoms with Crippen molar-refractivity contribution in [2.75, 3.05) is 6.61 Å². The molecule has 0 bridgehead atoms. The van der Waals surface area contributed by atoms with Crippen LogP contribution in [0.2, 0.25) is 10.9 Å². The fraction of sp³-hybridized carbons (Fsp3) is 0.556. The Morgan fingerprint density at radius 3 is 1.69 bits per heavy atom. The van der Waals surface area contributed by atoms with E-state index in [0.29, 0.717) is 17.7 Å². The third-order valence-electron chi connectivity index (χ3n) is 8.13. The lowest BCUT2D eigenvalue weighted by atomic mass is 9.79. The summed E-state index contributed by atoms with van der Waals surface area (Å²) >= 11 is 0. The van der Waals surface area contributed by atoms with Gasteiger partial charge in [-0.2, -0.15) is 0 Å². The molecule has 0 N–H and O–H groups in total. The Balaban J connectivity index is 1.61. The van der Waals surface area contributed by atoms with Gasteiger partial charge in [-0.05, 0) is 54.9 Å². The Kier molecular flexibility index (Phi) is 6.03. The quantitative estimate of drug-likeness (QED) is 0.560. The second-order valence-electron chi connectivity index (χ2n) is 11.7. The van der Waals surface area contributed by atoms with Crippen molar-refractivity contribution >= 4 is 25.8 Å². The van der Waals surface area contributed by atoms with Gasteiger partial charge in [0.2, 0.25) is 0 Å². The molecule has 3 atom stereocenters. The van der Waals surface area contributed by atoms with Gasteiger partial charge in [-0.15, -0.1) is 0 Å². The zero-order valence-electron chi connectivity index (χ0n) is 21.0. The van der Waals surface area contributed by atoms with Gasteiger partial charge in [-0.1, -0.05) is 88.4 Å². The predicted molar refractivity (Wildman–Crippen MR) is 136 cm³/mol. The molecule has 5 heteroatoms. The molecule has 3 nitrogen and oxygen atoms in total. The summed E-state index contributed by atoms with van der Waals surface area (Å²) in [6.45, 7) is 18.6. The highest BCUT2D eigenvalue weighted by Gasteiger charge is 2.64. The van der Waals surface area contributed by atoms with E-state index in [4.69, 9.17) is 13.7 Å². The molecule has 1 aliphatic heterocycles. The van der Waals surface area contributed by atoms with E-state index in [9.17, 15) is 0 Å². The second kappa shape index (κ2) is 8.12. The normalized spacial score (nSPS) is 26.9. The number of hydrogen-bond acceptors (Lipinski definition) is 3. The molecule has 32 heavy (non-hydrogen) atoms. The van der Waals surface area contributed by atoms with E-state index in [1.807, 2.05) is 0 Å². The molecule has 0 aromatic heterocycles. The maximum atomic E-state index is 7.18. The van der Waals surface area contributed by atoms with Crippen molar-refractivity contribution in [1.82, 2.24) is 0 Å². The maximum Gasteiger partial charge on any atom is 0.461 e. The Labute approximate surface area is 196 Å². The largest absolute Gasteiger partial charge is 0.461 e. The average Bonchev–Trinajstić information content (AvgIpc) is 3.30. The number of benzene rings is 2. The van der Waals surface area contributed by atoms with Crippen molar-refractivity contribution in [3.63, 3.8) is 0 Å². The van der Waals surface area contributed by atoms with E-state index >= 15 is 0 Å². The molecule has 2 fully saturated rings. The highest BCUT2D eigenvalue weighted by atomic mass is 28.4. The van der Waals surface area contributed by atoms with Crippen molar-refractivity contribution in [2.24, 2.45) is 11.8 Å². The molecule has 2 aliphatic rings. The fourth-order valence-corrected chi connectivity index (χ4v) is 9.92. The lowest BCUT2D eigenvalue weighted by Crippen LogP contribution is -2.66. The van der Waals surface area contributed by atoms with Crippen LogP contribution in [-0.2, 0) is 13.7 Å². The van der Waals surface area contributed by atoms with E-state index in [1.165, 1.54) is 10.4 Å². The first-order valence-electron chi connectivity index (χ1n) is 12.0. The molecular formula is C27H39BO3Si. The van der Waals surface area contributed by atoms with Crippen molar-refractivity contribution in [3.8, 4) is 0 Å². The number of rotatable bonds is 6. The first-order valence-corrected chi connectivity index (χ1v) is 13.9. The SMILES string of the molecule is CC1C(CO[Si](c2ccccc2)(c2ccccc2)C(C)(C)C)C1B1OC(C)(C)C(C)(C)O1. The van der Waals surface area contributed by atoms with Crippen LogP contribution in [0.4, 0.5) is 0 Å². The van der Waals surface area contributed by atoms with E-state index < -0.39 is 8.32 Å². The van der Waals surface area contributed by atoms with Gasteiger partial charge in [0.25, 0.3) is 8.32 Å². The van der Waals surface area contributed by atoms with Crippen LogP contribution >= 0.6 is 0 Å². The molecular weight excluding hydrogens is 411 g/mol. The zero-order valence-corrected chi connectivity index (χ0v) is 22.0. The van der Waals surface area contributed by atoms with Crippen molar-refractivity contribution in [1.29, 1.82) is 0 Å². The van der Waals surface area contributed by atoms with Gasteiger partial charge in [0.1, 0.15) is 0 Å². The van der Waals surface area contributed by atoms with Gasteiger partial charge in [0.05, 0.1) is 11.2 Å². The van der Waals surface area contributed by atoms with Gasteiger partial charge in [0.15, 0.2) is 0 Å². The molecule has 0 radical (unpaired) electrons. The molecule has 172 valence electrons. The molecule has 1 aliphatic carbocycles.